The summed E-state index contributed by atoms with van der Waals surface area (Å²) >= 11 is 0. The van der Waals surface area contributed by atoms with Crippen molar-refractivity contribution in [1.29, 1.82) is 0 Å². The summed E-state index contributed by atoms with van der Waals surface area (Å²) in [7, 11) is -2.74. The fourth-order valence-corrected chi connectivity index (χ4v) is 15.3. The van der Waals surface area contributed by atoms with Crippen molar-refractivity contribution >= 4 is 86.0 Å². The summed E-state index contributed by atoms with van der Waals surface area (Å²) in [6.07, 6.45) is 0. The zero-order chi connectivity index (χ0) is 37.6. The van der Waals surface area contributed by atoms with E-state index in [0.29, 0.717) is 0 Å². The van der Waals surface area contributed by atoms with Crippen molar-refractivity contribution in [2.24, 2.45) is 0 Å². The number of hydrogen-bond acceptors (Lipinski definition) is 2. The summed E-state index contributed by atoms with van der Waals surface area (Å²) in [4.78, 5) is 5.05. The van der Waals surface area contributed by atoms with E-state index in [9.17, 15) is 0 Å². The smallest absolute Gasteiger partial charge is 0.252 e. The fraction of sp³-hybridized carbons (Fsp3) is 0.0769. The van der Waals surface area contributed by atoms with Crippen LogP contribution in [0, 0.1) is 0 Å². The van der Waals surface area contributed by atoms with Gasteiger partial charge in [0.1, 0.15) is 0 Å². The van der Waals surface area contributed by atoms with Crippen LogP contribution in [0.1, 0.15) is 26.3 Å². The zero-order valence-corrected chi connectivity index (χ0v) is 32.9. The van der Waals surface area contributed by atoms with Crippen molar-refractivity contribution in [3.05, 3.63) is 200 Å². The van der Waals surface area contributed by atoms with Gasteiger partial charge in [0.2, 0.25) is 0 Å². The molecule has 0 aliphatic carbocycles. The van der Waals surface area contributed by atoms with Crippen molar-refractivity contribution in [2.45, 2.75) is 26.2 Å². The average molecular weight is 733 g/mol. The Balaban J connectivity index is 1.29. The van der Waals surface area contributed by atoms with E-state index in [1.165, 1.54) is 87.9 Å². The highest BCUT2D eigenvalue weighted by molar-refractivity contribution is 7.22. The maximum Gasteiger partial charge on any atom is 0.252 e. The van der Waals surface area contributed by atoms with E-state index in [-0.39, 0.29) is 12.1 Å². The molecule has 0 fully saturated rings. The average Bonchev–Trinajstić information content (AvgIpc) is 3.53. The van der Waals surface area contributed by atoms with Crippen molar-refractivity contribution < 1.29 is 0 Å². The van der Waals surface area contributed by atoms with Gasteiger partial charge in [-0.05, 0) is 108 Å². The molecule has 266 valence electrons. The van der Waals surface area contributed by atoms with E-state index in [0.717, 1.165) is 0 Å². The van der Waals surface area contributed by atoms with Gasteiger partial charge in [0.05, 0.1) is 0 Å². The first-order valence-corrected chi connectivity index (χ1v) is 21.8. The zero-order valence-electron chi connectivity index (χ0n) is 31.9. The van der Waals surface area contributed by atoms with Gasteiger partial charge in [-0.1, -0.05) is 166 Å². The van der Waals surface area contributed by atoms with Crippen molar-refractivity contribution in [2.75, 3.05) is 9.80 Å². The molecule has 0 N–H and O–H groups in total. The third-order valence-electron chi connectivity index (χ3n) is 12.5. The Labute approximate surface area is 331 Å². The number of anilines is 6. The van der Waals surface area contributed by atoms with Gasteiger partial charge < -0.3 is 9.80 Å². The second-order valence-electron chi connectivity index (χ2n) is 16.5. The molecule has 0 spiro atoms. The normalized spacial score (nSPS) is 14.4. The van der Waals surface area contributed by atoms with Gasteiger partial charge in [-0.15, -0.1) is 0 Å². The second-order valence-corrected chi connectivity index (χ2v) is 20.2. The highest BCUT2D eigenvalue weighted by Gasteiger charge is 2.51. The van der Waals surface area contributed by atoms with Gasteiger partial charge in [0.15, 0.2) is 8.07 Å². The molecular weight excluding hydrogens is 691 g/mol. The fourth-order valence-electron chi connectivity index (χ4n) is 10.0. The molecular formula is C52H41BN2Si. The lowest BCUT2D eigenvalue weighted by molar-refractivity contribution is 0.591. The van der Waals surface area contributed by atoms with Gasteiger partial charge in [-0.25, -0.2) is 0 Å². The molecule has 3 aliphatic heterocycles. The molecule has 3 heterocycles. The topological polar surface area (TPSA) is 6.48 Å². The summed E-state index contributed by atoms with van der Waals surface area (Å²) in [5, 5.41) is 5.78. The lowest BCUT2D eigenvalue weighted by Crippen LogP contribution is -2.73. The van der Waals surface area contributed by atoms with Crippen molar-refractivity contribution in [3.8, 4) is 11.1 Å². The lowest BCUT2D eigenvalue weighted by Gasteiger charge is -2.45. The predicted octanol–water partition coefficient (Wildman–Crippen LogP) is 8.42. The Morgan fingerprint density at radius 2 is 0.929 bits per heavy atom. The van der Waals surface area contributed by atoms with Crippen LogP contribution in [0.25, 0.3) is 11.1 Å². The van der Waals surface area contributed by atoms with Crippen LogP contribution in [0.5, 0.6) is 0 Å². The number of hydrogen-bond donors (Lipinski definition) is 0. The molecule has 0 radical (unpaired) electrons. The summed E-state index contributed by atoms with van der Waals surface area (Å²) in [6.45, 7) is 7.03. The van der Waals surface area contributed by atoms with E-state index in [1.807, 2.05) is 0 Å². The molecule has 2 nitrogen and oxygen atoms in total. The van der Waals surface area contributed by atoms with E-state index in [4.69, 9.17) is 0 Å². The predicted molar refractivity (Wildman–Crippen MR) is 242 cm³/mol. The van der Waals surface area contributed by atoms with Gasteiger partial charge in [0.25, 0.3) is 6.71 Å². The van der Waals surface area contributed by atoms with Crippen LogP contribution in [0.15, 0.2) is 194 Å². The number of para-hydroxylation sites is 2. The molecule has 8 aromatic rings. The highest BCUT2D eigenvalue weighted by Crippen LogP contribution is 2.45. The SMILES string of the molecule is CC(C)(C)c1ccc2c(c1)B1c3cc4c(cc3N(c3ccccc3)c3cccc(c31)N2c1ccccc1)-c1ccccc1[Si]4(c1ccccc1)c1ccccc1. The first-order chi connectivity index (χ1) is 27.4. The van der Waals surface area contributed by atoms with Crippen LogP contribution in [-0.4, -0.2) is 14.8 Å². The summed E-state index contributed by atoms with van der Waals surface area (Å²) in [5.41, 5.74) is 15.4. The summed E-state index contributed by atoms with van der Waals surface area (Å²) < 4.78 is 0. The Bertz CT molecular complexity index is 2760. The molecule has 0 aromatic heterocycles. The molecule has 56 heavy (non-hydrogen) atoms. The first kappa shape index (κ1) is 33.0. The maximum atomic E-state index is 2.67. The van der Waals surface area contributed by atoms with Crippen LogP contribution in [0.4, 0.5) is 34.1 Å². The molecule has 0 atom stereocenters. The molecule has 0 bridgehead atoms. The van der Waals surface area contributed by atoms with Crippen LogP contribution in [0.2, 0.25) is 0 Å². The van der Waals surface area contributed by atoms with Crippen LogP contribution in [0.3, 0.4) is 0 Å². The van der Waals surface area contributed by atoms with Crippen LogP contribution in [-0.2, 0) is 5.41 Å². The Morgan fingerprint density at radius 1 is 0.411 bits per heavy atom. The number of nitrogens with zero attached hydrogens (tertiary/aromatic N) is 2. The van der Waals surface area contributed by atoms with E-state index in [1.54, 1.807) is 0 Å². The van der Waals surface area contributed by atoms with Crippen LogP contribution >= 0.6 is 0 Å². The lowest BCUT2D eigenvalue weighted by atomic mass is 9.33. The number of rotatable bonds is 4. The largest absolute Gasteiger partial charge is 0.311 e. The second kappa shape index (κ2) is 12.3. The molecule has 4 heteroatoms. The van der Waals surface area contributed by atoms with E-state index < -0.39 is 8.07 Å². The monoisotopic (exact) mass is 732 g/mol. The summed E-state index contributed by atoms with van der Waals surface area (Å²) in [6, 6.07) is 73.4. The van der Waals surface area contributed by atoms with Gasteiger partial charge in [0, 0.05) is 34.1 Å². The molecule has 8 aromatic carbocycles. The van der Waals surface area contributed by atoms with Gasteiger partial charge in [-0.2, -0.15) is 0 Å². The molecule has 0 unspecified atom stereocenters. The molecule has 0 amide bonds. The van der Waals surface area contributed by atoms with Crippen molar-refractivity contribution in [3.63, 3.8) is 0 Å². The molecule has 11 rings (SSSR count). The Hall–Kier alpha value is -6.36. The van der Waals surface area contributed by atoms with E-state index >= 15 is 0 Å². The van der Waals surface area contributed by atoms with E-state index in [2.05, 4.69) is 225 Å². The Kier molecular flexibility index (Phi) is 7.27. The minimum Gasteiger partial charge on any atom is -0.311 e. The minimum atomic E-state index is -2.74. The van der Waals surface area contributed by atoms with Gasteiger partial charge >= 0.3 is 0 Å². The standard InChI is InChI=1S/C52H41BN2Si/c1-52(2,3)36-31-32-45-43(33-36)53-44-35-50-42(41-27-16-17-30-49(41)56(50,39-23-12-6-13-24-39)40-25-14-7-15-26-40)34-48(44)55(38-21-10-5-11-22-38)47-29-18-28-46(51(47)53)54(45)37-19-8-4-9-20-37/h4-35H,1-3H3. The Morgan fingerprint density at radius 3 is 1.52 bits per heavy atom. The van der Waals surface area contributed by atoms with Crippen LogP contribution < -0.4 is 46.9 Å². The van der Waals surface area contributed by atoms with Gasteiger partial charge in [-0.3, -0.25) is 0 Å². The third kappa shape index (κ3) is 4.63. The third-order valence-corrected chi connectivity index (χ3v) is 17.3. The molecule has 0 saturated heterocycles. The summed E-state index contributed by atoms with van der Waals surface area (Å²) in [5.74, 6) is 0. The minimum absolute atomic E-state index is 0.0117. The number of fused-ring (bicyclic) bond motifs is 7. The number of benzene rings is 8. The maximum absolute atomic E-state index is 2.74. The first-order valence-electron chi connectivity index (χ1n) is 19.8. The molecule has 0 saturated carbocycles. The highest BCUT2D eigenvalue weighted by atomic mass is 28.3. The molecule has 3 aliphatic rings. The van der Waals surface area contributed by atoms with Crippen molar-refractivity contribution in [1.82, 2.24) is 0 Å². The quantitative estimate of drug-likeness (QED) is 0.168.